The molecule has 0 fully saturated rings. The van der Waals surface area contributed by atoms with E-state index in [1.165, 1.54) is 4.90 Å². The van der Waals surface area contributed by atoms with Crippen molar-refractivity contribution in [2.75, 3.05) is 11.9 Å². The first-order valence-electron chi connectivity index (χ1n) is 6.75. The molecule has 0 saturated heterocycles. The molecule has 0 atom stereocenters. The van der Waals surface area contributed by atoms with E-state index >= 15 is 0 Å². The summed E-state index contributed by atoms with van der Waals surface area (Å²) in [5.74, 6) is -1.03. The fraction of sp³-hybridized carbons (Fsp3) is 0.250. The van der Waals surface area contributed by atoms with E-state index in [9.17, 15) is 9.59 Å². The van der Waals surface area contributed by atoms with Gasteiger partial charge in [-0.15, -0.1) is 0 Å². The lowest BCUT2D eigenvalue weighted by molar-refractivity contribution is -0.137. The van der Waals surface area contributed by atoms with Gasteiger partial charge in [0.25, 0.3) is 0 Å². The summed E-state index contributed by atoms with van der Waals surface area (Å²) >= 11 is 0. The Kier molecular flexibility index (Phi) is 4.42. The maximum Gasteiger partial charge on any atom is 0.323 e. The Morgan fingerprint density at radius 1 is 1.14 bits per heavy atom. The third-order valence-corrected chi connectivity index (χ3v) is 3.19. The zero-order valence-corrected chi connectivity index (χ0v) is 12.0. The molecule has 0 heterocycles. The van der Waals surface area contributed by atoms with Gasteiger partial charge in [0, 0.05) is 11.7 Å². The summed E-state index contributed by atoms with van der Waals surface area (Å²) in [6.45, 7) is 3.24. The largest absolute Gasteiger partial charge is 0.480 e. The van der Waals surface area contributed by atoms with Crippen LogP contribution in [0.4, 0.5) is 10.5 Å². The second-order valence-corrected chi connectivity index (χ2v) is 5.11. The number of aliphatic carboxylic acids is 1. The van der Waals surface area contributed by atoms with Crippen molar-refractivity contribution in [3.05, 3.63) is 42.5 Å². The highest BCUT2D eigenvalue weighted by Crippen LogP contribution is 2.19. The number of anilines is 1. The Balaban J connectivity index is 2.17. The zero-order valence-electron chi connectivity index (χ0n) is 12.0. The van der Waals surface area contributed by atoms with E-state index in [2.05, 4.69) is 5.32 Å². The number of fused-ring (bicyclic) bond motifs is 1. The molecule has 2 rings (SSSR count). The number of amides is 2. The van der Waals surface area contributed by atoms with Crippen molar-refractivity contribution >= 4 is 28.5 Å². The van der Waals surface area contributed by atoms with Crippen LogP contribution in [-0.2, 0) is 4.79 Å². The zero-order chi connectivity index (χ0) is 15.4. The topological polar surface area (TPSA) is 69.6 Å². The van der Waals surface area contributed by atoms with Crippen LogP contribution >= 0.6 is 0 Å². The van der Waals surface area contributed by atoms with Crippen molar-refractivity contribution in [1.82, 2.24) is 4.90 Å². The van der Waals surface area contributed by atoms with E-state index in [4.69, 9.17) is 5.11 Å². The molecular weight excluding hydrogens is 268 g/mol. The van der Waals surface area contributed by atoms with Gasteiger partial charge in [-0.05, 0) is 36.8 Å². The molecule has 2 aromatic carbocycles. The van der Waals surface area contributed by atoms with E-state index in [-0.39, 0.29) is 12.6 Å². The molecule has 0 aliphatic carbocycles. The Morgan fingerprint density at radius 3 is 2.43 bits per heavy atom. The van der Waals surface area contributed by atoms with Crippen LogP contribution in [0, 0.1) is 0 Å². The highest BCUT2D eigenvalue weighted by molar-refractivity contribution is 5.94. The van der Waals surface area contributed by atoms with E-state index in [1.807, 2.05) is 36.4 Å². The lowest BCUT2D eigenvalue weighted by Gasteiger charge is -2.25. The Bertz CT molecular complexity index is 667. The van der Waals surface area contributed by atoms with E-state index in [1.54, 1.807) is 19.9 Å². The van der Waals surface area contributed by atoms with Gasteiger partial charge < -0.3 is 15.3 Å². The van der Waals surface area contributed by atoms with Gasteiger partial charge in [0.15, 0.2) is 0 Å². The number of carbonyl (C=O) groups excluding carboxylic acids is 1. The number of rotatable bonds is 4. The van der Waals surface area contributed by atoms with Gasteiger partial charge in [-0.1, -0.05) is 30.3 Å². The number of carboxylic acids is 1. The summed E-state index contributed by atoms with van der Waals surface area (Å²) in [6, 6.07) is 12.8. The van der Waals surface area contributed by atoms with Crippen LogP contribution in [0.25, 0.3) is 10.8 Å². The maximum absolute atomic E-state index is 12.2. The minimum absolute atomic E-state index is 0.193. The van der Waals surface area contributed by atoms with Gasteiger partial charge in [-0.2, -0.15) is 0 Å². The molecule has 2 aromatic rings. The lowest BCUT2D eigenvalue weighted by atomic mass is 10.1. The van der Waals surface area contributed by atoms with Gasteiger partial charge in [0.1, 0.15) is 6.54 Å². The van der Waals surface area contributed by atoms with Crippen LogP contribution in [0.5, 0.6) is 0 Å². The lowest BCUT2D eigenvalue weighted by Crippen LogP contribution is -2.43. The predicted molar refractivity (Wildman–Crippen MR) is 82.4 cm³/mol. The maximum atomic E-state index is 12.2. The standard InChI is InChI=1S/C16H18N2O3/c1-11(2)18(10-15(19)20)16(21)17-14-8-7-12-5-3-4-6-13(12)9-14/h3-9,11H,10H2,1-2H3,(H,17,21)(H,19,20). The summed E-state index contributed by atoms with van der Waals surface area (Å²) in [7, 11) is 0. The molecule has 0 aliphatic rings. The highest BCUT2D eigenvalue weighted by atomic mass is 16.4. The van der Waals surface area contributed by atoms with Crippen molar-refractivity contribution < 1.29 is 14.7 Å². The van der Waals surface area contributed by atoms with Crippen molar-refractivity contribution in [1.29, 1.82) is 0 Å². The number of benzene rings is 2. The molecule has 21 heavy (non-hydrogen) atoms. The first kappa shape index (κ1) is 14.8. The molecule has 0 saturated carbocycles. The third-order valence-electron chi connectivity index (χ3n) is 3.19. The van der Waals surface area contributed by atoms with Crippen LogP contribution in [0.15, 0.2) is 42.5 Å². The quantitative estimate of drug-likeness (QED) is 0.907. The number of urea groups is 1. The van der Waals surface area contributed by atoms with E-state index in [0.29, 0.717) is 5.69 Å². The molecule has 0 bridgehead atoms. The molecule has 0 aliphatic heterocycles. The van der Waals surface area contributed by atoms with Crippen LogP contribution in [0.1, 0.15) is 13.8 Å². The second kappa shape index (κ2) is 6.26. The molecule has 0 radical (unpaired) electrons. The highest BCUT2D eigenvalue weighted by Gasteiger charge is 2.19. The average molecular weight is 286 g/mol. The molecular formula is C16H18N2O3. The first-order valence-corrected chi connectivity index (χ1v) is 6.75. The molecule has 0 aromatic heterocycles. The van der Waals surface area contributed by atoms with Crippen molar-refractivity contribution in [3.8, 4) is 0 Å². The predicted octanol–water partition coefficient (Wildman–Crippen LogP) is 3.17. The van der Waals surface area contributed by atoms with Gasteiger partial charge in [-0.3, -0.25) is 4.79 Å². The molecule has 5 heteroatoms. The molecule has 0 unspecified atom stereocenters. The molecule has 0 spiro atoms. The van der Waals surface area contributed by atoms with Crippen molar-refractivity contribution in [2.24, 2.45) is 0 Å². The van der Waals surface area contributed by atoms with Crippen LogP contribution in [0.3, 0.4) is 0 Å². The minimum Gasteiger partial charge on any atom is -0.480 e. The van der Waals surface area contributed by atoms with Crippen LogP contribution in [0.2, 0.25) is 0 Å². The number of nitrogens with one attached hydrogen (secondary N) is 1. The van der Waals surface area contributed by atoms with Crippen molar-refractivity contribution in [3.63, 3.8) is 0 Å². The molecule has 110 valence electrons. The fourth-order valence-corrected chi connectivity index (χ4v) is 2.10. The Hall–Kier alpha value is -2.56. The van der Waals surface area contributed by atoms with Gasteiger partial charge in [0.2, 0.25) is 0 Å². The van der Waals surface area contributed by atoms with E-state index < -0.39 is 12.0 Å². The monoisotopic (exact) mass is 286 g/mol. The normalized spacial score (nSPS) is 10.6. The fourth-order valence-electron chi connectivity index (χ4n) is 2.10. The third kappa shape index (κ3) is 3.72. The second-order valence-electron chi connectivity index (χ2n) is 5.11. The number of hydrogen-bond acceptors (Lipinski definition) is 2. The van der Waals surface area contributed by atoms with Gasteiger partial charge in [0.05, 0.1) is 0 Å². The molecule has 5 nitrogen and oxygen atoms in total. The Labute approximate surface area is 123 Å². The number of nitrogens with zero attached hydrogens (tertiary/aromatic N) is 1. The smallest absolute Gasteiger partial charge is 0.323 e. The average Bonchev–Trinajstić information content (AvgIpc) is 2.44. The van der Waals surface area contributed by atoms with Crippen LogP contribution in [-0.4, -0.2) is 34.6 Å². The van der Waals surface area contributed by atoms with Gasteiger partial charge >= 0.3 is 12.0 Å². The molecule has 2 amide bonds. The Morgan fingerprint density at radius 2 is 1.81 bits per heavy atom. The summed E-state index contributed by atoms with van der Waals surface area (Å²) in [5, 5.41) is 13.7. The first-order chi connectivity index (χ1) is 9.97. The SMILES string of the molecule is CC(C)N(CC(=O)O)C(=O)Nc1ccc2ccccc2c1. The van der Waals surface area contributed by atoms with E-state index in [0.717, 1.165) is 10.8 Å². The summed E-state index contributed by atoms with van der Waals surface area (Å²) in [5.41, 5.74) is 0.648. The summed E-state index contributed by atoms with van der Waals surface area (Å²) in [4.78, 5) is 24.3. The molecule has 2 N–H and O–H groups in total. The number of carboxylic acid groups (broad SMARTS) is 1. The summed E-state index contributed by atoms with van der Waals surface area (Å²) in [6.07, 6.45) is 0. The summed E-state index contributed by atoms with van der Waals surface area (Å²) < 4.78 is 0. The number of hydrogen-bond donors (Lipinski definition) is 2. The van der Waals surface area contributed by atoms with Crippen molar-refractivity contribution in [2.45, 2.75) is 19.9 Å². The number of carbonyl (C=O) groups is 2. The van der Waals surface area contributed by atoms with Gasteiger partial charge in [-0.25, -0.2) is 4.79 Å². The minimum atomic E-state index is -1.03. The van der Waals surface area contributed by atoms with Crippen LogP contribution < -0.4 is 5.32 Å².